The van der Waals surface area contributed by atoms with Crippen molar-refractivity contribution in [2.75, 3.05) is 0 Å². The summed E-state index contributed by atoms with van der Waals surface area (Å²) in [4.78, 5) is 15.2. The summed E-state index contributed by atoms with van der Waals surface area (Å²) in [6, 6.07) is 8.53. The fourth-order valence-corrected chi connectivity index (χ4v) is 2.22. The highest BCUT2D eigenvalue weighted by molar-refractivity contribution is 6.34. The van der Waals surface area contributed by atoms with Gasteiger partial charge in [0.25, 0.3) is 0 Å². The molecular weight excluding hydrogens is 271 g/mol. The molecule has 0 unspecified atom stereocenters. The Hall–Kier alpha value is -1.58. The molecule has 0 fully saturated rings. The molecule has 0 spiro atoms. The van der Waals surface area contributed by atoms with Crippen molar-refractivity contribution in [3.05, 3.63) is 63.4 Å². The number of benzene rings is 1. The number of carbonyl (C=O) groups excluding carboxylic acids is 1. The minimum atomic E-state index is -0.470. The number of rotatable bonds is 3. The average Bonchev–Trinajstić information content (AvgIpc) is 2.27. The second-order valence-electron chi connectivity index (χ2n) is 3.85. The lowest BCUT2D eigenvalue weighted by atomic mass is 10.1. The fraction of sp³-hybridized carbons (Fsp3) is 0.0769. The number of hydrogen-bond donors (Lipinski definition) is 1. The van der Waals surface area contributed by atoms with Crippen LogP contribution in [-0.4, -0.2) is 10.9 Å². The predicted octanol–water partition coefficient (Wildman–Crippen LogP) is 3.08. The first kappa shape index (κ1) is 12.9. The van der Waals surface area contributed by atoms with Crippen molar-refractivity contribution in [3.63, 3.8) is 0 Å². The summed E-state index contributed by atoms with van der Waals surface area (Å²) in [6.07, 6.45) is 2.10. The summed E-state index contributed by atoms with van der Waals surface area (Å²) in [5.41, 5.74) is 7.33. The zero-order chi connectivity index (χ0) is 13.1. The van der Waals surface area contributed by atoms with Crippen LogP contribution in [-0.2, 0) is 6.42 Å². The van der Waals surface area contributed by atoms with Crippen LogP contribution >= 0.6 is 23.2 Å². The van der Waals surface area contributed by atoms with Gasteiger partial charge in [-0.2, -0.15) is 0 Å². The van der Waals surface area contributed by atoms with Gasteiger partial charge in [-0.15, -0.1) is 0 Å². The van der Waals surface area contributed by atoms with Crippen LogP contribution < -0.4 is 5.73 Å². The van der Waals surface area contributed by atoms with Gasteiger partial charge in [0.15, 0.2) is 0 Å². The Morgan fingerprint density at radius 1 is 1.17 bits per heavy atom. The van der Waals surface area contributed by atoms with Crippen LogP contribution in [0, 0.1) is 0 Å². The molecule has 1 aromatic heterocycles. The monoisotopic (exact) mass is 280 g/mol. The Morgan fingerprint density at radius 2 is 1.83 bits per heavy atom. The Bertz CT molecular complexity index is 579. The lowest BCUT2D eigenvalue weighted by Crippen LogP contribution is -2.11. The zero-order valence-electron chi connectivity index (χ0n) is 9.36. The van der Waals surface area contributed by atoms with E-state index in [1.165, 1.54) is 0 Å². The standard InChI is InChI=1S/C13H10Cl2N2O/c14-10-3-8(4-11(15)7-10)5-12-6-9(13(16)18)1-2-17-12/h1-4,6-7H,5H2,(H2,16,18). The summed E-state index contributed by atoms with van der Waals surface area (Å²) in [5.74, 6) is -0.470. The molecule has 2 N–H and O–H groups in total. The van der Waals surface area contributed by atoms with Gasteiger partial charge in [0.05, 0.1) is 0 Å². The third-order valence-electron chi connectivity index (χ3n) is 2.41. The summed E-state index contributed by atoms with van der Waals surface area (Å²) in [7, 11) is 0. The number of primary amides is 1. The van der Waals surface area contributed by atoms with E-state index < -0.39 is 5.91 Å². The molecule has 1 heterocycles. The van der Waals surface area contributed by atoms with Crippen molar-refractivity contribution in [1.82, 2.24) is 4.98 Å². The second kappa shape index (κ2) is 5.38. The van der Waals surface area contributed by atoms with Crippen molar-refractivity contribution in [3.8, 4) is 0 Å². The van der Waals surface area contributed by atoms with E-state index in [2.05, 4.69) is 4.98 Å². The van der Waals surface area contributed by atoms with Gasteiger partial charge in [-0.1, -0.05) is 23.2 Å². The third-order valence-corrected chi connectivity index (χ3v) is 2.85. The van der Waals surface area contributed by atoms with E-state index in [1.54, 1.807) is 24.4 Å². The van der Waals surface area contributed by atoms with E-state index in [0.717, 1.165) is 11.3 Å². The summed E-state index contributed by atoms with van der Waals surface area (Å²) >= 11 is 11.8. The first-order valence-corrected chi connectivity index (χ1v) is 6.00. The first-order valence-electron chi connectivity index (χ1n) is 5.24. The summed E-state index contributed by atoms with van der Waals surface area (Å²) < 4.78 is 0. The van der Waals surface area contributed by atoms with Crippen molar-refractivity contribution in [1.29, 1.82) is 0 Å². The molecule has 18 heavy (non-hydrogen) atoms. The first-order chi connectivity index (χ1) is 8.54. The van der Waals surface area contributed by atoms with Gasteiger partial charge in [0.1, 0.15) is 0 Å². The van der Waals surface area contributed by atoms with Crippen LogP contribution in [0.15, 0.2) is 36.5 Å². The van der Waals surface area contributed by atoms with Crippen molar-refractivity contribution >= 4 is 29.1 Å². The highest BCUT2D eigenvalue weighted by Gasteiger charge is 2.05. The number of amides is 1. The van der Waals surface area contributed by atoms with Crippen molar-refractivity contribution in [2.24, 2.45) is 5.73 Å². The smallest absolute Gasteiger partial charge is 0.248 e. The maximum atomic E-state index is 11.1. The molecule has 0 radical (unpaired) electrons. The lowest BCUT2D eigenvalue weighted by Gasteiger charge is -2.04. The van der Waals surface area contributed by atoms with Crippen LogP contribution in [0.25, 0.3) is 0 Å². The normalized spacial score (nSPS) is 10.3. The Labute approximate surface area is 115 Å². The number of nitrogens with two attached hydrogens (primary N) is 1. The number of nitrogens with zero attached hydrogens (tertiary/aromatic N) is 1. The molecule has 0 bridgehead atoms. The van der Waals surface area contributed by atoms with Crippen LogP contribution in [0.1, 0.15) is 21.6 Å². The molecule has 2 rings (SSSR count). The van der Waals surface area contributed by atoms with Gasteiger partial charge in [0.2, 0.25) is 5.91 Å². The largest absolute Gasteiger partial charge is 0.366 e. The van der Waals surface area contributed by atoms with Crippen LogP contribution in [0.4, 0.5) is 0 Å². The Morgan fingerprint density at radius 3 is 2.44 bits per heavy atom. The van der Waals surface area contributed by atoms with E-state index in [1.807, 2.05) is 12.1 Å². The molecule has 1 aromatic carbocycles. The van der Waals surface area contributed by atoms with E-state index in [-0.39, 0.29) is 0 Å². The molecule has 0 aliphatic carbocycles. The molecule has 5 heteroatoms. The molecule has 0 atom stereocenters. The predicted molar refractivity (Wildman–Crippen MR) is 72.0 cm³/mol. The number of hydrogen-bond acceptors (Lipinski definition) is 2. The van der Waals surface area contributed by atoms with Gasteiger partial charge < -0.3 is 5.73 Å². The molecule has 0 saturated carbocycles. The van der Waals surface area contributed by atoms with Crippen LogP contribution in [0.3, 0.4) is 0 Å². The summed E-state index contributed by atoms with van der Waals surface area (Å²) in [6.45, 7) is 0. The van der Waals surface area contributed by atoms with E-state index in [0.29, 0.717) is 22.0 Å². The minimum Gasteiger partial charge on any atom is -0.366 e. The highest BCUT2D eigenvalue weighted by atomic mass is 35.5. The number of pyridine rings is 1. The molecule has 3 nitrogen and oxygen atoms in total. The molecule has 92 valence electrons. The van der Waals surface area contributed by atoms with Gasteiger partial charge >= 0.3 is 0 Å². The SMILES string of the molecule is NC(=O)c1ccnc(Cc2cc(Cl)cc(Cl)c2)c1. The third kappa shape index (κ3) is 3.22. The van der Waals surface area contributed by atoms with E-state index in [9.17, 15) is 4.79 Å². The number of carbonyl (C=O) groups is 1. The summed E-state index contributed by atoms with van der Waals surface area (Å²) in [5, 5.41) is 1.15. The minimum absolute atomic E-state index is 0.438. The van der Waals surface area contributed by atoms with Crippen LogP contribution in [0.5, 0.6) is 0 Å². The van der Waals surface area contributed by atoms with E-state index in [4.69, 9.17) is 28.9 Å². The van der Waals surface area contributed by atoms with E-state index >= 15 is 0 Å². The second-order valence-corrected chi connectivity index (χ2v) is 4.73. The zero-order valence-corrected chi connectivity index (χ0v) is 10.9. The molecule has 0 aliphatic rings. The number of aromatic nitrogens is 1. The van der Waals surface area contributed by atoms with Crippen LogP contribution in [0.2, 0.25) is 10.0 Å². The molecule has 0 saturated heterocycles. The molecule has 1 amide bonds. The molecule has 2 aromatic rings. The van der Waals surface area contributed by atoms with Gasteiger partial charge in [0, 0.05) is 33.9 Å². The maximum Gasteiger partial charge on any atom is 0.248 e. The van der Waals surface area contributed by atoms with Gasteiger partial charge in [-0.25, -0.2) is 0 Å². The average molecular weight is 281 g/mol. The fourth-order valence-electron chi connectivity index (χ4n) is 1.65. The molecule has 0 aliphatic heterocycles. The maximum absolute atomic E-state index is 11.1. The Kier molecular flexibility index (Phi) is 3.84. The lowest BCUT2D eigenvalue weighted by molar-refractivity contribution is 0.1000. The van der Waals surface area contributed by atoms with Gasteiger partial charge in [-0.05, 0) is 35.9 Å². The number of halogens is 2. The van der Waals surface area contributed by atoms with Gasteiger partial charge in [-0.3, -0.25) is 9.78 Å². The quantitative estimate of drug-likeness (QED) is 0.939. The molecular formula is C13H10Cl2N2O. The van der Waals surface area contributed by atoms with Crippen molar-refractivity contribution in [2.45, 2.75) is 6.42 Å². The highest BCUT2D eigenvalue weighted by Crippen LogP contribution is 2.20. The topological polar surface area (TPSA) is 56.0 Å². The Balaban J connectivity index is 2.28. The van der Waals surface area contributed by atoms with Crippen molar-refractivity contribution < 1.29 is 4.79 Å².